The maximum absolute atomic E-state index is 5.42. The van der Waals surface area contributed by atoms with Crippen LogP contribution in [0.4, 0.5) is 0 Å². The van der Waals surface area contributed by atoms with E-state index in [0.717, 1.165) is 108 Å². The van der Waals surface area contributed by atoms with Gasteiger partial charge in [-0.15, -0.1) is 0 Å². The number of hydrogen-bond acceptors (Lipinski definition) is 3. The van der Waals surface area contributed by atoms with Gasteiger partial charge >= 0.3 is 0 Å². The van der Waals surface area contributed by atoms with Crippen molar-refractivity contribution in [2.24, 2.45) is 0 Å². The molecule has 0 N–H and O–H groups in total. The van der Waals surface area contributed by atoms with E-state index in [1.54, 1.807) is 0 Å². The van der Waals surface area contributed by atoms with Crippen molar-refractivity contribution < 1.29 is 0 Å². The molecule has 2 aliphatic rings. The van der Waals surface area contributed by atoms with E-state index in [-0.39, 0.29) is 5.41 Å². The molecule has 70 heavy (non-hydrogen) atoms. The lowest BCUT2D eigenvalue weighted by molar-refractivity contribution is 0.601. The number of allylic oxidation sites excluding steroid dienone is 8. The number of rotatable bonds is 8. The largest absolute Gasteiger partial charge is 0.307 e. The van der Waals surface area contributed by atoms with Crippen LogP contribution >= 0.6 is 0 Å². The van der Waals surface area contributed by atoms with Crippen LogP contribution in [0.15, 0.2) is 237 Å². The summed E-state index contributed by atoms with van der Waals surface area (Å²) in [5, 5.41) is 5.83. The molecule has 2 aliphatic carbocycles. The Morgan fingerprint density at radius 1 is 0.471 bits per heavy atom. The third-order valence-corrected chi connectivity index (χ3v) is 14.5. The summed E-state index contributed by atoms with van der Waals surface area (Å²) in [6.45, 7) is 2.31. The van der Waals surface area contributed by atoms with E-state index in [4.69, 9.17) is 15.0 Å². The summed E-state index contributed by atoms with van der Waals surface area (Å²) < 4.78 is 2.38. The topological polar surface area (TPSA) is 43.6 Å². The summed E-state index contributed by atoms with van der Waals surface area (Å²) in [6.07, 6.45) is 16.8. The molecule has 3 aromatic heterocycles. The Kier molecular flexibility index (Phi) is 10.1. The van der Waals surface area contributed by atoms with Crippen molar-refractivity contribution in [3.05, 3.63) is 253 Å². The van der Waals surface area contributed by atoms with Crippen LogP contribution in [0.2, 0.25) is 0 Å². The zero-order valence-electron chi connectivity index (χ0n) is 38.9. The molecule has 0 saturated carbocycles. The van der Waals surface area contributed by atoms with Crippen molar-refractivity contribution in [1.82, 2.24) is 19.5 Å². The normalized spacial score (nSPS) is 15.7. The maximum atomic E-state index is 5.42. The van der Waals surface area contributed by atoms with Crippen LogP contribution in [-0.2, 0) is 5.41 Å². The number of nitrogens with zero attached hydrogens (tertiary/aromatic N) is 4. The first-order valence-electron chi connectivity index (χ1n) is 24.4. The van der Waals surface area contributed by atoms with E-state index >= 15 is 0 Å². The average Bonchev–Trinajstić information content (AvgIpc) is 3.79. The molecule has 13 rings (SSSR count). The molecule has 0 saturated heterocycles. The first kappa shape index (κ1) is 41.5. The van der Waals surface area contributed by atoms with Crippen molar-refractivity contribution >= 4 is 54.6 Å². The molecule has 0 fully saturated rings. The number of fused-ring (bicyclic) bond motifs is 6. The number of benzene rings is 8. The fraction of sp³-hybridized carbons (Fsp3) is 0.0758. The summed E-state index contributed by atoms with van der Waals surface area (Å²) in [5.41, 5.74) is 17.4. The highest BCUT2D eigenvalue weighted by molar-refractivity contribution is 6.23. The molecule has 0 aliphatic heterocycles. The van der Waals surface area contributed by atoms with E-state index in [0.29, 0.717) is 5.82 Å². The zero-order chi connectivity index (χ0) is 46.6. The third kappa shape index (κ3) is 7.19. The fourth-order valence-corrected chi connectivity index (χ4v) is 10.8. The Morgan fingerprint density at radius 3 is 1.84 bits per heavy atom. The van der Waals surface area contributed by atoms with E-state index in [9.17, 15) is 0 Å². The van der Waals surface area contributed by atoms with E-state index < -0.39 is 0 Å². The molecule has 1 unspecified atom stereocenters. The van der Waals surface area contributed by atoms with Gasteiger partial charge in [-0.2, -0.15) is 0 Å². The Morgan fingerprint density at radius 2 is 1.10 bits per heavy atom. The lowest BCUT2D eigenvalue weighted by atomic mass is 9.76. The van der Waals surface area contributed by atoms with Gasteiger partial charge in [0.25, 0.3) is 0 Å². The van der Waals surface area contributed by atoms with Crippen LogP contribution in [0.5, 0.6) is 0 Å². The molecule has 8 aromatic carbocycles. The molecular formula is C66H48N4. The number of pyridine rings is 1. The fourth-order valence-electron chi connectivity index (χ4n) is 10.8. The molecule has 0 spiro atoms. The van der Waals surface area contributed by atoms with Gasteiger partial charge in [0.2, 0.25) is 0 Å². The van der Waals surface area contributed by atoms with Crippen molar-refractivity contribution in [2.75, 3.05) is 0 Å². The van der Waals surface area contributed by atoms with E-state index in [1.165, 1.54) is 27.5 Å². The van der Waals surface area contributed by atoms with Gasteiger partial charge in [-0.25, -0.2) is 15.0 Å². The molecule has 4 heteroatoms. The van der Waals surface area contributed by atoms with Crippen molar-refractivity contribution in [3.63, 3.8) is 0 Å². The minimum atomic E-state index is -0.0911. The molecule has 1 atom stereocenters. The summed E-state index contributed by atoms with van der Waals surface area (Å²) in [6, 6.07) is 71.8. The van der Waals surface area contributed by atoms with Crippen molar-refractivity contribution in [2.45, 2.75) is 31.6 Å². The van der Waals surface area contributed by atoms with Gasteiger partial charge in [-0.05, 0) is 99.8 Å². The van der Waals surface area contributed by atoms with Crippen LogP contribution in [-0.4, -0.2) is 19.5 Å². The van der Waals surface area contributed by atoms with Crippen LogP contribution in [0.25, 0.3) is 105 Å². The minimum absolute atomic E-state index is 0.0911. The summed E-state index contributed by atoms with van der Waals surface area (Å²) in [5.74, 6) is 0.707. The first-order chi connectivity index (χ1) is 34.6. The number of para-hydroxylation sites is 3. The minimum Gasteiger partial charge on any atom is -0.307 e. The highest BCUT2D eigenvalue weighted by atomic mass is 15.0. The highest BCUT2D eigenvalue weighted by Crippen LogP contribution is 2.43. The molecule has 11 aromatic rings. The molecular weight excluding hydrogens is 849 g/mol. The number of aromatic nitrogens is 4. The molecule has 4 nitrogen and oxygen atoms in total. The van der Waals surface area contributed by atoms with Crippen LogP contribution in [0.1, 0.15) is 43.0 Å². The number of hydrogen-bond donors (Lipinski definition) is 0. The smallest absolute Gasteiger partial charge is 0.161 e. The van der Waals surface area contributed by atoms with Crippen LogP contribution < -0.4 is 0 Å². The Balaban J connectivity index is 0.917. The second-order valence-electron chi connectivity index (χ2n) is 18.8. The van der Waals surface area contributed by atoms with Crippen LogP contribution in [0, 0.1) is 0 Å². The Labute approximate surface area is 408 Å². The van der Waals surface area contributed by atoms with Gasteiger partial charge in [0, 0.05) is 44.0 Å². The Bertz CT molecular complexity index is 3950. The molecule has 332 valence electrons. The second kappa shape index (κ2) is 17.1. The van der Waals surface area contributed by atoms with Crippen LogP contribution in [0.3, 0.4) is 0 Å². The van der Waals surface area contributed by atoms with Gasteiger partial charge in [0.1, 0.15) is 0 Å². The van der Waals surface area contributed by atoms with Gasteiger partial charge in [-0.1, -0.05) is 207 Å². The average molecular weight is 897 g/mol. The SMILES string of the molecule is CC1(c2ccccc2)C=CC(c2cc(-c3ccc(C4=CCCC=C4)cc3)nc(-c3ccc(-c4ccc(-c5nc6ccccc6c6c7ccccc7n(-c7ccccc7)c56)cc4)c4ccccc34)n2)=CC1. The lowest BCUT2D eigenvalue weighted by Crippen LogP contribution is -2.20. The van der Waals surface area contributed by atoms with Crippen molar-refractivity contribution in [1.29, 1.82) is 0 Å². The summed E-state index contributed by atoms with van der Waals surface area (Å²) >= 11 is 0. The van der Waals surface area contributed by atoms with E-state index in [1.807, 2.05) is 0 Å². The summed E-state index contributed by atoms with van der Waals surface area (Å²) in [7, 11) is 0. The monoisotopic (exact) mass is 896 g/mol. The second-order valence-corrected chi connectivity index (χ2v) is 18.8. The van der Waals surface area contributed by atoms with Gasteiger partial charge in [0.15, 0.2) is 5.82 Å². The lowest BCUT2D eigenvalue weighted by Gasteiger charge is -2.28. The molecule has 0 bridgehead atoms. The Hall–Kier alpha value is -8.73. The molecule has 0 amide bonds. The summed E-state index contributed by atoms with van der Waals surface area (Å²) in [4.78, 5) is 16.2. The maximum Gasteiger partial charge on any atom is 0.161 e. The predicted molar refractivity (Wildman–Crippen MR) is 293 cm³/mol. The van der Waals surface area contributed by atoms with Gasteiger partial charge in [0.05, 0.1) is 33.6 Å². The van der Waals surface area contributed by atoms with Gasteiger partial charge in [-0.3, -0.25) is 0 Å². The quantitative estimate of drug-likeness (QED) is 0.153. The third-order valence-electron chi connectivity index (χ3n) is 14.5. The van der Waals surface area contributed by atoms with Gasteiger partial charge < -0.3 is 4.57 Å². The first-order valence-corrected chi connectivity index (χ1v) is 24.4. The molecule has 3 heterocycles. The van der Waals surface area contributed by atoms with Crippen molar-refractivity contribution in [3.8, 4) is 50.7 Å². The zero-order valence-corrected chi connectivity index (χ0v) is 38.9. The molecule has 0 radical (unpaired) electrons. The van der Waals surface area contributed by atoms with E-state index in [2.05, 4.69) is 248 Å². The predicted octanol–water partition coefficient (Wildman–Crippen LogP) is 17.0. The highest BCUT2D eigenvalue weighted by Gasteiger charge is 2.26. The standard InChI is InChI=1S/C66H48N4/c1-66(50-19-7-3-8-20-50)41-39-48(40-42-66)60-43-59(47-33-29-45(30-34-47)44-17-5-2-6-18-44)68-65(69-60)55-38-37-52(53-23-11-12-24-54(53)55)46-31-35-49(36-32-46)63-64-62(56-25-13-15-27-58(56)67-63)57-26-14-16-28-61(57)70(64)51-21-9-4-10-22-51/h3-5,7-41,43H,2,6,42H2,1H3.